The maximum atomic E-state index is 12.2. The molecule has 1 amide bonds. The molecule has 5 rings (SSSR count). The zero-order chi connectivity index (χ0) is 20.5. The number of hydrogen-bond acceptors (Lipinski definition) is 7. The molecule has 1 fully saturated rings. The third kappa shape index (κ3) is 3.40. The van der Waals surface area contributed by atoms with Gasteiger partial charge in [0.2, 0.25) is 5.91 Å². The number of nitrogens with zero attached hydrogens (tertiary/aromatic N) is 5. The Morgan fingerprint density at radius 1 is 1.33 bits per heavy atom. The molecular formula is C21H25N7O2. The predicted molar refractivity (Wildman–Crippen MR) is 110 cm³/mol. The molecule has 2 aromatic heterocycles. The van der Waals surface area contributed by atoms with Crippen LogP contribution in [-0.2, 0) is 17.8 Å². The van der Waals surface area contributed by atoms with E-state index in [4.69, 9.17) is 10.5 Å². The van der Waals surface area contributed by atoms with Gasteiger partial charge in [0.25, 0.3) is 5.78 Å². The molecule has 1 unspecified atom stereocenters. The van der Waals surface area contributed by atoms with Gasteiger partial charge in [0.05, 0.1) is 12.2 Å². The highest BCUT2D eigenvalue weighted by molar-refractivity contribution is 5.78. The first-order valence-corrected chi connectivity index (χ1v) is 10.4. The van der Waals surface area contributed by atoms with E-state index in [1.54, 1.807) is 15.6 Å². The minimum Gasteiger partial charge on any atom is -0.482 e. The number of nitrogens with two attached hydrogens (primary N) is 1. The summed E-state index contributed by atoms with van der Waals surface area (Å²) in [5, 5.41) is 7.92. The lowest BCUT2D eigenvalue weighted by Crippen LogP contribution is -2.40. The van der Waals surface area contributed by atoms with Crippen LogP contribution in [0.2, 0.25) is 0 Å². The van der Waals surface area contributed by atoms with Crippen LogP contribution in [0.4, 0.5) is 0 Å². The fraction of sp³-hybridized carbons (Fsp3) is 0.429. The summed E-state index contributed by atoms with van der Waals surface area (Å²) in [6, 6.07) is 8.20. The van der Waals surface area contributed by atoms with E-state index in [1.807, 2.05) is 18.2 Å². The van der Waals surface area contributed by atoms with Crippen molar-refractivity contribution in [1.82, 2.24) is 29.8 Å². The van der Waals surface area contributed by atoms with Crippen molar-refractivity contribution in [1.29, 1.82) is 0 Å². The monoisotopic (exact) mass is 407 g/mol. The van der Waals surface area contributed by atoms with Crippen LogP contribution in [0.1, 0.15) is 35.8 Å². The number of carbonyl (C=O) groups excluding carboxylic acids is 1. The minimum atomic E-state index is -0.258. The SMILES string of the molecule is NCC(=O)N1CCc2cccc(O[C@@H](c3ccnc4ncnn34)C3CCCN3)c2C1. The molecular weight excluding hydrogens is 382 g/mol. The second-order valence-corrected chi connectivity index (χ2v) is 7.75. The van der Waals surface area contributed by atoms with Crippen molar-refractivity contribution < 1.29 is 9.53 Å². The van der Waals surface area contributed by atoms with Crippen LogP contribution in [0.25, 0.3) is 5.78 Å². The molecule has 0 radical (unpaired) electrons. The number of benzene rings is 1. The molecule has 1 saturated heterocycles. The molecule has 2 aliphatic heterocycles. The van der Waals surface area contributed by atoms with Crippen LogP contribution in [0.15, 0.2) is 36.8 Å². The van der Waals surface area contributed by atoms with E-state index in [0.717, 1.165) is 42.8 Å². The molecule has 4 heterocycles. The number of nitrogens with one attached hydrogen (secondary N) is 1. The molecule has 3 N–H and O–H groups in total. The average Bonchev–Trinajstić information content (AvgIpc) is 3.48. The molecule has 0 saturated carbocycles. The van der Waals surface area contributed by atoms with Crippen molar-refractivity contribution in [2.24, 2.45) is 5.73 Å². The zero-order valence-corrected chi connectivity index (χ0v) is 16.7. The number of rotatable bonds is 5. The lowest BCUT2D eigenvalue weighted by atomic mass is 9.98. The Morgan fingerprint density at radius 2 is 2.27 bits per heavy atom. The smallest absolute Gasteiger partial charge is 0.252 e. The van der Waals surface area contributed by atoms with Gasteiger partial charge in [-0.15, -0.1) is 0 Å². The van der Waals surface area contributed by atoms with Gasteiger partial charge >= 0.3 is 0 Å². The van der Waals surface area contributed by atoms with Gasteiger partial charge in [-0.2, -0.15) is 14.6 Å². The first-order chi connectivity index (χ1) is 14.7. The van der Waals surface area contributed by atoms with E-state index in [1.165, 1.54) is 11.9 Å². The van der Waals surface area contributed by atoms with Crippen molar-refractivity contribution in [3.8, 4) is 5.75 Å². The lowest BCUT2D eigenvalue weighted by molar-refractivity contribution is -0.130. The zero-order valence-electron chi connectivity index (χ0n) is 16.7. The van der Waals surface area contributed by atoms with Crippen LogP contribution >= 0.6 is 0 Å². The fourth-order valence-electron chi connectivity index (χ4n) is 4.43. The van der Waals surface area contributed by atoms with Crippen molar-refractivity contribution >= 4 is 11.7 Å². The number of hydrogen-bond donors (Lipinski definition) is 2. The standard InChI is InChI=1S/C21H25N7O2/c22-11-19(29)27-10-7-14-3-1-5-18(15(14)12-27)30-20(16-4-2-8-23-16)17-6-9-24-21-25-13-26-28(17)21/h1,3,5-6,9,13,16,20,23H,2,4,7-8,10-12,22H2/t16?,20-/m1/s1. The van der Waals surface area contributed by atoms with Gasteiger partial charge in [-0.25, -0.2) is 4.98 Å². The number of fused-ring (bicyclic) bond motifs is 2. The highest BCUT2D eigenvalue weighted by Gasteiger charge is 2.32. The molecule has 0 spiro atoms. The maximum absolute atomic E-state index is 12.2. The van der Waals surface area contributed by atoms with Gasteiger partial charge in [-0.1, -0.05) is 12.1 Å². The van der Waals surface area contributed by atoms with Gasteiger partial charge in [0, 0.05) is 30.9 Å². The third-order valence-corrected chi connectivity index (χ3v) is 5.98. The van der Waals surface area contributed by atoms with Crippen LogP contribution in [-0.4, -0.2) is 56.1 Å². The van der Waals surface area contributed by atoms with Crippen molar-refractivity contribution in [3.05, 3.63) is 53.6 Å². The molecule has 9 nitrogen and oxygen atoms in total. The molecule has 156 valence electrons. The van der Waals surface area contributed by atoms with Gasteiger partial charge in [0.1, 0.15) is 12.1 Å². The summed E-state index contributed by atoms with van der Waals surface area (Å²) in [6.07, 6.45) is 5.90. The predicted octanol–water partition coefficient (Wildman–Crippen LogP) is 0.840. The lowest BCUT2D eigenvalue weighted by Gasteiger charge is -2.32. The van der Waals surface area contributed by atoms with Crippen LogP contribution in [0.3, 0.4) is 0 Å². The number of ether oxygens (including phenoxy) is 1. The average molecular weight is 407 g/mol. The largest absolute Gasteiger partial charge is 0.482 e. The number of aromatic nitrogens is 4. The molecule has 0 aliphatic carbocycles. The van der Waals surface area contributed by atoms with Gasteiger partial charge in [-0.3, -0.25) is 4.79 Å². The summed E-state index contributed by atoms with van der Waals surface area (Å²) in [6.45, 7) is 2.18. The Kier molecular flexibility index (Phi) is 5.06. The summed E-state index contributed by atoms with van der Waals surface area (Å²) >= 11 is 0. The quantitative estimate of drug-likeness (QED) is 0.645. The van der Waals surface area contributed by atoms with Gasteiger partial charge in [0.15, 0.2) is 6.10 Å². The third-order valence-electron chi connectivity index (χ3n) is 5.98. The topological polar surface area (TPSA) is 111 Å². The van der Waals surface area contributed by atoms with E-state index >= 15 is 0 Å². The van der Waals surface area contributed by atoms with E-state index in [0.29, 0.717) is 18.9 Å². The molecule has 2 atom stereocenters. The van der Waals surface area contributed by atoms with Crippen LogP contribution in [0, 0.1) is 0 Å². The molecule has 1 aromatic carbocycles. The highest BCUT2D eigenvalue weighted by Crippen LogP contribution is 2.34. The van der Waals surface area contributed by atoms with Gasteiger partial charge in [-0.05, 0) is 43.5 Å². The summed E-state index contributed by atoms with van der Waals surface area (Å²) in [4.78, 5) is 22.5. The van der Waals surface area contributed by atoms with E-state index in [9.17, 15) is 4.79 Å². The first kappa shape index (κ1) is 19.0. The minimum absolute atomic E-state index is 0.0221. The van der Waals surface area contributed by atoms with Crippen molar-refractivity contribution in [2.45, 2.75) is 38.0 Å². The summed E-state index contributed by atoms with van der Waals surface area (Å²) in [7, 11) is 0. The summed E-state index contributed by atoms with van der Waals surface area (Å²) in [5.41, 5.74) is 8.76. The maximum Gasteiger partial charge on any atom is 0.252 e. The fourth-order valence-corrected chi connectivity index (χ4v) is 4.43. The molecule has 3 aromatic rings. The summed E-state index contributed by atoms with van der Waals surface area (Å²) < 4.78 is 8.41. The normalized spacial score (nSPS) is 19.6. The number of amides is 1. The van der Waals surface area contributed by atoms with Crippen molar-refractivity contribution in [3.63, 3.8) is 0 Å². The van der Waals surface area contributed by atoms with Crippen LogP contribution < -0.4 is 15.8 Å². The molecule has 9 heteroatoms. The Balaban J connectivity index is 1.52. The Morgan fingerprint density at radius 3 is 3.10 bits per heavy atom. The van der Waals surface area contributed by atoms with Gasteiger partial charge < -0.3 is 20.7 Å². The van der Waals surface area contributed by atoms with E-state index in [2.05, 4.69) is 26.4 Å². The van der Waals surface area contributed by atoms with Crippen LogP contribution in [0.5, 0.6) is 5.75 Å². The van der Waals surface area contributed by atoms with E-state index in [-0.39, 0.29) is 24.6 Å². The molecule has 2 aliphatic rings. The Labute approximate surface area is 174 Å². The second kappa shape index (κ2) is 8.00. The van der Waals surface area contributed by atoms with E-state index < -0.39 is 0 Å². The summed E-state index contributed by atoms with van der Waals surface area (Å²) in [5.74, 6) is 1.31. The van der Waals surface area contributed by atoms with Crippen molar-refractivity contribution in [2.75, 3.05) is 19.6 Å². The Hall–Kier alpha value is -3.04. The second-order valence-electron chi connectivity index (χ2n) is 7.75. The first-order valence-electron chi connectivity index (χ1n) is 10.4. The Bertz CT molecular complexity index is 1060. The molecule has 30 heavy (non-hydrogen) atoms. The highest BCUT2D eigenvalue weighted by atomic mass is 16.5. The number of carbonyl (C=O) groups is 1. The molecule has 0 bridgehead atoms.